The van der Waals surface area contributed by atoms with Crippen molar-refractivity contribution in [3.63, 3.8) is 0 Å². The molecule has 2 fully saturated rings. The van der Waals surface area contributed by atoms with Gasteiger partial charge in [0.2, 0.25) is 0 Å². The average Bonchev–Trinajstić information content (AvgIpc) is 2.62. The van der Waals surface area contributed by atoms with Crippen molar-refractivity contribution in [1.82, 2.24) is 4.90 Å². The van der Waals surface area contributed by atoms with Crippen LogP contribution in [0.15, 0.2) is 0 Å². The van der Waals surface area contributed by atoms with Crippen LogP contribution in [0.5, 0.6) is 0 Å². The molecular weight excluding hydrogens is 218 g/mol. The van der Waals surface area contributed by atoms with Crippen LogP contribution < -0.4 is 0 Å². The Kier molecular flexibility index (Phi) is 3.73. The number of nitrogens with zero attached hydrogens (tertiary/aromatic N) is 1. The summed E-state index contributed by atoms with van der Waals surface area (Å²) in [5.41, 5.74) is 0. The standard InChI is InChI=1S/C13H23NO3/c1-8(2)9-4-10(5-9)14(3)12-7-17-6-11(12)13(15)16/h8-12H,4-7H2,1-3H3,(H,15,16). The molecule has 1 saturated carbocycles. The van der Waals surface area contributed by atoms with Gasteiger partial charge in [0, 0.05) is 12.1 Å². The van der Waals surface area contributed by atoms with Crippen molar-refractivity contribution in [2.24, 2.45) is 17.8 Å². The van der Waals surface area contributed by atoms with Gasteiger partial charge in [-0.1, -0.05) is 13.8 Å². The number of hydrogen-bond acceptors (Lipinski definition) is 3. The highest BCUT2D eigenvalue weighted by Gasteiger charge is 2.42. The molecule has 0 aromatic rings. The van der Waals surface area contributed by atoms with Gasteiger partial charge in [-0.15, -0.1) is 0 Å². The first kappa shape index (κ1) is 12.8. The Morgan fingerprint density at radius 1 is 1.35 bits per heavy atom. The second kappa shape index (κ2) is 4.94. The molecule has 0 amide bonds. The van der Waals surface area contributed by atoms with Crippen LogP contribution in [0.25, 0.3) is 0 Å². The zero-order valence-electron chi connectivity index (χ0n) is 10.9. The zero-order valence-corrected chi connectivity index (χ0v) is 10.9. The summed E-state index contributed by atoms with van der Waals surface area (Å²) in [5.74, 6) is 0.486. The molecule has 2 unspecified atom stereocenters. The number of ether oxygens (including phenoxy) is 1. The molecule has 1 saturated heterocycles. The number of carboxylic acid groups (broad SMARTS) is 1. The summed E-state index contributed by atoms with van der Waals surface area (Å²) in [4.78, 5) is 13.4. The maximum atomic E-state index is 11.1. The molecule has 0 spiro atoms. The van der Waals surface area contributed by atoms with E-state index in [1.165, 1.54) is 12.8 Å². The van der Waals surface area contributed by atoms with Crippen LogP contribution in [0.2, 0.25) is 0 Å². The molecule has 1 aliphatic carbocycles. The van der Waals surface area contributed by atoms with Crippen LogP contribution >= 0.6 is 0 Å². The second-order valence-electron chi connectivity index (χ2n) is 5.84. The summed E-state index contributed by atoms with van der Waals surface area (Å²) in [6, 6.07) is 0.613. The summed E-state index contributed by atoms with van der Waals surface area (Å²) in [6.07, 6.45) is 2.41. The SMILES string of the molecule is CC(C)C1CC(N(C)C2COCC2C(=O)O)C1. The number of hydrogen-bond donors (Lipinski definition) is 1. The first-order chi connectivity index (χ1) is 8.00. The van der Waals surface area contributed by atoms with Gasteiger partial charge in [0.25, 0.3) is 0 Å². The Morgan fingerprint density at radius 3 is 2.53 bits per heavy atom. The Morgan fingerprint density at radius 2 is 2.00 bits per heavy atom. The third-order valence-electron chi connectivity index (χ3n) is 4.56. The van der Waals surface area contributed by atoms with Crippen LogP contribution in [-0.2, 0) is 9.53 Å². The van der Waals surface area contributed by atoms with Crippen LogP contribution in [0, 0.1) is 17.8 Å². The Bertz CT molecular complexity index is 286. The minimum absolute atomic E-state index is 0.0608. The van der Waals surface area contributed by atoms with Crippen molar-refractivity contribution in [3.8, 4) is 0 Å². The first-order valence-electron chi connectivity index (χ1n) is 6.53. The molecule has 1 heterocycles. The molecule has 98 valence electrons. The minimum atomic E-state index is -0.723. The predicted molar refractivity (Wildman–Crippen MR) is 64.8 cm³/mol. The van der Waals surface area contributed by atoms with Crippen molar-refractivity contribution in [3.05, 3.63) is 0 Å². The van der Waals surface area contributed by atoms with Gasteiger partial charge < -0.3 is 9.84 Å². The molecule has 2 rings (SSSR count). The highest BCUT2D eigenvalue weighted by Crippen LogP contribution is 2.38. The number of carboxylic acids is 1. The first-order valence-corrected chi connectivity index (χ1v) is 6.53. The maximum absolute atomic E-state index is 11.1. The summed E-state index contributed by atoms with van der Waals surface area (Å²) in [6.45, 7) is 5.46. The fourth-order valence-electron chi connectivity index (χ4n) is 2.96. The van der Waals surface area contributed by atoms with Gasteiger partial charge in [0.15, 0.2) is 0 Å². The van der Waals surface area contributed by atoms with Gasteiger partial charge >= 0.3 is 5.97 Å². The average molecular weight is 241 g/mol. The lowest BCUT2D eigenvalue weighted by molar-refractivity contribution is -0.143. The van der Waals surface area contributed by atoms with E-state index in [1.54, 1.807) is 0 Å². The summed E-state index contributed by atoms with van der Waals surface area (Å²) in [5, 5.41) is 9.14. The molecule has 17 heavy (non-hydrogen) atoms. The van der Waals surface area contributed by atoms with E-state index >= 15 is 0 Å². The third kappa shape index (κ3) is 2.47. The smallest absolute Gasteiger partial charge is 0.310 e. The number of aliphatic carboxylic acids is 1. The van der Waals surface area contributed by atoms with Crippen molar-refractivity contribution >= 4 is 5.97 Å². The van der Waals surface area contributed by atoms with E-state index < -0.39 is 5.97 Å². The van der Waals surface area contributed by atoms with Crippen molar-refractivity contribution in [2.75, 3.05) is 20.3 Å². The van der Waals surface area contributed by atoms with Gasteiger partial charge in [0.1, 0.15) is 0 Å². The zero-order chi connectivity index (χ0) is 12.6. The van der Waals surface area contributed by atoms with Gasteiger partial charge in [0.05, 0.1) is 19.1 Å². The van der Waals surface area contributed by atoms with E-state index in [-0.39, 0.29) is 12.0 Å². The molecule has 0 bridgehead atoms. The van der Waals surface area contributed by atoms with Crippen LogP contribution in [-0.4, -0.2) is 48.3 Å². The quantitative estimate of drug-likeness (QED) is 0.809. The lowest BCUT2D eigenvalue weighted by Crippen LogP contribution is -2.52. The minimum Gasteiger partial charge on any atom is -0.481 e. The Balaban J connectivity index is 1.88. The fraction of sp³-hybridized carbons (Fsp3) is 0.923. The van der Waals surface area contributed by atoms with Crippen LogP contribution in [0.4, 0.5) is 0 Å². The summed E-state index contributed by atoms with van der Waals surface area (Å²) in [7, 11) is 2.05. The van der Waals surface area contributed by atoms with Crippen LogP contribution in [0.1, 0.15) is 26.7 Å². The molecule has 4 heteroatoms. The van der Waals surface area contributed by atoms with Gasteiger partial charge in [-0.05, 0) is 31.7 Å². The van der Waals surface area contributed by atoms with E-state index in [4.69, 9.17) is 9.84 Å². The highest BCUT2D eigenvalue weighted by atomic mass is 16.5. The highest BCUT2D eigenvalue weighted by molar-refractivity contribution is 5.71. The van der Waals surface area contributed by atoms with Crippen LogP contribution in [0.3, 0.4) is 0 Å². The third-order valence-corrected chi connectivity index (χ3v) is 4.56. The number of rotatable bonds is 4. The predicted octanol–water partition coefficient (Wildman–Crippen LogP) is 1.45. The molecule has 2 aliphatic rings. The summed E-state index contributed by atoms with van der Waals surface area (Å²) >= 11 is 0. The molecule has 0 aromatic heterocycles. The normalized spacial score (nSPS) is 37.5. The number of carbonyl (C=O) groups is 1. The summed E-state index contributed by atoms with van der Waals surface area (Å²) < 4.78 is 5.32. The van der Waals surface area contributed by atoms with E-state index in [1.807, 2.05) is 0 Å². The monoisotopic (exact) mass is 241 g/mol. The Labute approximate surface area is 103 Å². The fourth-order valence-corrected chi connectivity index (χ4v) is 2.96. The van der Waals surface area contributed by atoms with E-state index in [9.17, 15) is 4.79 Å². The van der Waals surface area contributed by atoms with Crippen molar-refractivity contribution in [2.45, 2.75) is 38.8 Å². The second-order valence-corrected chi connectivity index (χ2v) is 5.84. The lowest BCUT2D eigenvalue weighted by atomic mass is 9.72. The molecule has 4 nitrogen and oxygen atoms in total. The molecule has 0 radical (unpaired) electrons. The Hall–Kier alpha value is -0.610. The molecule has 1 N–H and O–H groups in total. The number of likely N-dealkylation sites (N-methyl/N-ethyl adjacent to an activating group) is 1. The molecular formula is C13H23NO3. The molecule has 1 aliphatic heterocycles. The van der Waals surface area contributed by atoms with Crippen molar-refractivity contribution in [1.29, 1.82) is 0 Å². The van der Waals surface area contributed by atoms with Gasteiger partial charge in [-0.3, -0.25) is 9.69 Å². The van der Waals surface area contributed by atoms with E-state index in [0.717, 1.165) is 11.8 Å². The molecule has 0 aromatic carbocycles. The lowest BCUT2D eigenvalue weighted by Gasteiger charge is -2.45. The van der Waals surface area contributed by atoms with Gasteiger partial charge in [-0.25, -0.2) is 0 Å². The van der Waals surface area contributed by atoms with E-state index in [2.05, 4.69) is 25.8 Å². The molecule has 2 atom stereocenters. The van der Waals surface area contributed by atoms with Gasteiger partial charge in [-0.2, -0.15) is 0 Å². The van der Waals surface area contributed by atoms with Crippen molar-refractivity contribution < 1.29 is 14.6 Å². The van der Waals surface area contributed by atoms with E-state index in [0.29, 0.717) is 19.3 Å². The largest absolute Gasteiger partial charge is 0.481 e. The maximum Gasteiger partial charge on any atom is 0.310 e. The topological polar surface area (TPSA) is 49.8 Å².